The summed E-state index contributed by atoms with van der Waals surface area (Å²) < 4.78 is 51.8. The van der Waals surface area contributed by atoms with E-state index in [0.717, 1.165) is 5.56 Å². The number of halogens is 2. The van der Waals surface area contributed by atoms with Crippen LogP contribution in [0.5, 0.6) is 5.75 Å². The van der Waals surface area contributed by atoms with Crippen molar-refractivity contribution in [1.82, 2.24) is 10.2 Å². The number of carbonyl (C=O) groups excluding carboxylic acids is 1. The number of sulfone groups is 1. The molecule has 1 heterocycles. The van der Waals surface area contributed by atoms with Crippen LogP contribution in [-0.4, -0.2) is 56.5 Å². The van der Waals surface area contributed by atoms with E-state index in [1.54, 1.807) is 12.1 Å². The molecule has 0 aromatic heterocycles. The molecule has 2 rings (SSSR count). The van der Waals surface area contributed by atoms with Crippen molar-refractivity contribution in [3.8, 4) is 5.75 Å². The van der Waals surface area contributed by atoms with Gasteiger partial charge in [-0.1, -0.05) is 19.1 Å². The smallest absolute Gasteiger partial charge is 0.387 e. The lowest BCUT2D eigenvalue weighted by Crippen LogP contribution is -2.42. The monoisotopic (exact) mass is 376 g/mol. The molecule has 1 fully saturated rings. The molecule has 0 bridgehead atoms. The summed E-state index contributed by atoms with van der Waals surface area (Å²) in [5.74, 6) is -0.0855. The SMILES string of the molecule is CCN(CC(=O)N[C@H]1CCS(=O)(=O)C1)Cc1cccc(OC(F)F)c1. The van der Waals surface area contributed by atoms with Crippen molar-refractivity contribution < 1.29 is 26.7 Å². The molecule has 1 amide bonds. The van der Waals surface area contributed by atoms with Crippen molar-refractivity contribution >= 4 is 15.7 Å². The van der Waals surface area contributed by atoms with Crippen LogP contribution in [0.25, 0.3) is 0 Å². The molecule has 140 valence electrons. The van der Waals surface area contributed by atoms with Crippen LogP contribution in [0.15, 0.2) is 24.3 Å². The van der Waals surface area contributed by atoms with Gasteiger partial charge >= 0.3 is 6.61 Å². The lowest BCUT2D eigenvalue weighted by Gasteiger charge is -2.21. The first-order valence-electron chi connectivity index (χ1n) is 8.03. The van der Waals surface area contributed by atoms with Gasteiger partial charge in [0, 0.05) is 12.6 Å². The first-order valence-corrected chi connectivity index (χ1v) is 9.85. The molecule has 0 saturated carbocycles. The zero-order valence-electron chi connectivity index (χ0n) is 14.0. The number of hydrogen-bond donors (Lipinski definition) is 1. The number of nitrogens with one attached hydrogen (secondary N) is 1. The number of rotatable bonds is 8. The van der Waals surface area contributed by atoms with Gasteiger partial charge in [-0.05, 0) is 30.7 Å². The Bertz CT molecular complexity index is 697. The third-order valence-corrected chi connectivity index (χ3v) is 5.71. The molecule has 1 N–H and O–H groups in total. The molecule has 9 heteroatoms. The second-order valence-electron chi connectivity index (χ2n) is 6.00. The van der Waals surface area contributed by atoms with E-state index in [0.29, 0.717) is 19.5 Å². The minimum atomic E-state index is -3.04. The van der Waals surface area contributed by atoms with E-state index in [2.05, 4.69) is 10.1 Å². The highest BCUT2D eigenvalue weighted by atomic mass is 32.2. The van der Waals surface area contributed by atoms with Crippen molar-refractivity contribution in [3.63, 3.8) is 0 Å². The first-order chi connectivity index (χ1) is 11.8. The normalized spacial score (nSPS) is 19.3. The molecule has 0 unspecified atom stereocenters. The van der Waals surface area contributed by atoms with Crippen LogP contribution in [0.3, 0.4) is 0 Å². The highest BCUT2D eigenvalue weighted by molar-refractivity contribution is 7.91. The number of likely N-dealkylation sites (N-methyl/N-ethyl adjacent to an activating group) is 1. The summed E-state index contributed by atoms with van der Waals surface area (Å²) in [5, 5.41) is 2.74. The van der Waals surface area contributed by atoms with Gasteiger partial charge in [-0.25, -0.2) is 8.42 Å². The Morgan fingerprint density at radius 2 is 2.20 bits per heavy atom. The van der Waals surface area contributed by atoms with E-state index in [1.165, 1.54) is 12.1 Å². The third kappa shape index (κ3) is 6.58. The average molecular weight is 376 g/mol. The Kier molecular flexibility index (Phi) is 6.71. The predicted octanol–water partition coefficient (Wildman–Crippen LogP) is 1.41. The second kappa shape index (κ2) is 8.57. The van der Waals surface area contributed by atoms with Crippen LogP contribution in [0.4, 0.5) is 8.78 Å². The first kappa shape index (κ1) is 19.6. The Balaban J connectivity index is 1.88. The van der Waals surface area contributed by atoms with E-state index < -0.39 is 16.4 Å². The van der Waals surface area contributed by atoms with Crippen molar-refractivity contribution in [2.24, 2.45) is 0 Å². The van der Waals surface area contributed by atoms with Gasteiger partial charge in [0.15, 0.2) is 9.84 Å². The van der Waals surface area contributed by atoms with Crippen molar-refractivity contribution in [2.75, 3.05) is 24.6 Å². The maximum absolute atomic E-state index is 12.3. The summed E-state index contributed by atoms with van der Waals surface area (Å²) in [6, 6.07) is 6.00. The maximum Gasteiger partial charge on any atom is 0.387 e. The van der Waals surface area contributed by atoms with Gasteiger partial charge in [0.2, 0.25) is 5.91 Å². The van der Waals surface area contributed by atoms with E-state index in [-0.39, 0.29) is 35.7 Å². The molecule has 1 aromatic carbocycles. The summed E-state index contributed by atoms with van der Waals surface area (Å²) >= 11 is 0. The Labute approximate surface area is 146 Å². The molecule has 1 saturated heterocycles. The van der Waals surface area contributed by atoms with Gasteiger partial charge in [0.05, 0.1) is 18.1 Å². The number of nitrogens with zero attached hydrogens (tertiary/aromatic N) is 1. The summed E-state index contributed by atoms with van der Waals surface area (Å²) in [6.07, 6.45) is 0.438. The van der Waals surface area contributed by atoms with Crippen molar-refractivity contribution in [1.29, 1.82) is 0 Å². The minimum absolute atomic E-state index is 0.0160. The van der Waals surface area contributed by atoms with Crippen LogP contribution >= 0.6 is 0 Å². The molecule has 1 aromatic rings. The number of alkyl halides is 2. The second-order valence-corrected chi connectivity index (χ2v) is 8.23. The van der Waals surface area contributed by atoms with E-state index in [9.17, 15) is 22.0 Å². The molecule has 25 heavy (non-hydrogen) atoms. The number of benzene rings is 1. The molecule has 6 nitrogen and oxygen atoms in total. The van der Waals surface area contributed by atoms with Crippen LogP contribution < -0.4 is 10.1 Å². The predicted molar refractivity (Wildman–Crippen MR) is 89.2 cm³/mol. The Hall–Kier alpha value is -1.74. The van der Waals surface area contributed by atoms with E-state index in [1.807, 2.05) is 11.8 Å². The number of hydrogen-bond acceptors (Lipinski definition) is 5. The Morgan fingerprint density at radius 3 is 2.80 bits per heavy atom. The molecule has 0 spiro atoms. The van der Waals surface area contributed by atoms with Crippen LogP contribution in [0.2, 0.25) is 0 Å². The van der Waals surface area contributed by atoms with E-state index >= 15 is 0 Å². The largest absolute Gasteiger partial charge is 0.435 e. The Morgan fingerprint density at radius 1 is 1.44 bits per heavy atom. The lowest BCUT2D eigenvalue weighted by molar-refractivity contribution is -0.122. The summed E-state index contributed by atoms with van der Waals surface area (Å²) in [6.45, 7) is 0.0784. The standard InChI is InChI=1S/C16H22F2N2O4S/c1-2-20(9-12-4-3-5-14(8-12)24-16(17)18)10-15(21)19-13-6-7-25(22,23)11-13/h3-5,8,13,16H,2,6-7,9-11H2,1H3,(H,19,21)/t13-/m0/s1. The zero-order chi connectivity index (χ0) is 18.4. The summed E-state index contributed by atoms with van der Waals surface area (Å²) in [7, 11) is -3.04. The number of amides is 1. The summed E-state index contributed by atoms with van der Waals surface area (Å²) in [4.78, 5) is 13.9. The van der Waals surface area contributed by atoms with Gasteiger partial charge < -0.3 is 10.1 Å². The van der Waals surface area contributed by atoms with Crippen molar-refractivity contribution in [3.05, 3.63) is 29.8 Å². The highest BCUT2D eigenvalue weighted by Gasteiger charge is 2.29. The third-order valence-electron chi connectivity index (χ3n) is 3.94. The molecule has 0 aliphatic carbocycles. The fourth-order valence-electron chi connectivity index (χ4n) is 2.74. The zero-order valence-corrected chi connectivity index (χ0v) is 14.8. The molecular formula is C16H22F2N2O4S. The van der Waals surface area contributed by atoms with Gasteiger partial charge in [0.1, 0.15) is 5.75 Å². The fraction of sp³-hybridized carbons (Fsp3) is 0.562. The van der Waals surface area contributed by atoms with Gasteiger partial charge in [0.25, 0.3) is 0 Å². The molecule has 0 radical (unpaired) electrons. The van der Waals surface area contributed by atoms with Crippen LogP contribution in [0.1, 0.15) is 18.9 Å². The summed E-state index contributed by atoms with van der Waals surface area (Å²) in [5.41, 5.74) is 0.747. The van der Waals surface area contributed by atoms with Gasteiger partial charge in [-0.3, -0.25) is 9.69 Å². The van der Waals surface area contributed by atoms with Gasteiger partial charge in [-0.15, -0.1) is 0 Å². The molecule has 1 atom stereocenters. The van der Waals surface area contributed by atoms with Crippen LogP contribution in [-0.2, 0) is 21.2 Å². The molecular weight excluding hydrogens is 354 g/mol. The fourth-order valence-corrected chi connectivity index (χ4v) is 4.42. The highest BCUT2D eigenvalue weighted by Crippen LogP contribution is 2.17. The number of carbonyl (C=O) groups is 1. The number of ether oxygens (including phenoxy) is 1. The topological polar surface area (TPSA) is 75.7 Å². The molecule has 1 aliphatic rings. The quantitative estimate of drug-likeness (QED) is 0.743. The maximum atomic E-state index is 12.3. The van der Waals surface area contributed by atoms with Crippen LogP contribution in [0, 0.1) is 0 Å². The van der Waals surface area contributed by atoms with Gasteiger partial charge in [-0.2, -0.15) is 8.78 Å². The van der Waals surface area contributed by atoms with E-state index in [4.69, 9.17) is 0 Å². The average Bonchev–Trinajstić information content (AvgIpc) is 2.85. The minimum Gasteiger partial charge on any atom is -0.435 e. The molecule has 1 aliphatic heterocycles. The lowest BCUT2D eigenvalue weighted by atomic mass is 10.2. The van der Waals surface area contributed by atoms with Crippen molar-refractivity contribution in [2.45, 2.75) is 32.5 Å².